The Bertz CT molecular complexity index is 572. The van der Waals surface area contributed by atoms with Gasteiger partial charge in [-0.2, -0.15) is 0 Å². The molecule has 1 heterocycles. The van der Waals surface area contributed by atoms with Crippen molar-refractivity contribution < 1.29 is 0 Å². The molecule has 1 aliphatic rings. The average Bonchev–Trinajstić information content (AvgIpc) is 3.08. The fraction of sp³-hybridized carbons (Fsp3) is 0.278. The molecule has 2 aromatic rings. The Morgan fingerprint density at radius 2 is 1.52 bits per heavy atom. The number of nitrogens with one attached hydrogen (secondary N) is 1. The van der Waals surface area contributed by atoms with Gasteiger partial charge in [0.05, 0.1) is 6.54 Å². The van der Waals surface area contributed by atoms with Crippen LogP contribution in [0.1, 0.15) is 18.4 Å². The van der Waals surface area contributed by atoms with E-state index in [1.54, 1.807) is 0 Å². The Balaban J connectivity index is 1.75. The van der Waals surface area contributed by atoms with E-state index in [-0.39, 0.29) is 0 Å². The van der Waals surface area contributed by atoms with Gasteiger partial charge < -0.3 is 10.2 Å². The molecule has 21 heavy (non-hydrogen) atoms. The lowest BCUT2D eigenvalue weighted by molar-refractivity contribution is 0.515. The summed E-state index contributed by atoms with van der Waals surface area (Å²) < 4.78 is 0. The molecule has 1 aliphatic heterocycles. The zero-order valence-corrected chi connectivity index (χ0v) is 12.2. The van der Waals surface area contributed by atoms with Crippen LogP contribution in [0.15, 0.2) is 65.7 Å². The molecule has 3 nitrogen and oxygen atoms in total. The van der Waals surface area contributed by atoms with Gasteiger partial charge in [-0.15, -0.1) is 0 Å². The highest BCUT2D eigenvalue weighted by atomic mass is 15.3. The van der Waals surface area contributed by atoms with Gasteiger partial charge in [0.1, 0.15) is 0 Å². The molecular formula is C18H21N3. The summed E-state index contributed by atoms with van der Waals surface area (Å²) >= 11 is 0. The number of likely N-dealkylation sites (tertiary alicyclic amines) is 1. The van der Waals surface area contributed by atoms with E-state index >= 15 is 0 Å². The molecule has 0 atom stereocenters. The molecule has 0 spiro atoms. The van der Waals surface area contributed by atoms with E-state index in [0.29, 0.717) is 6.54 Å². The molecule has 2 aromatic carbocycles. The van der Waals surface area contributed by atoms with Crippen LogP contribution in [-0.2, 0) is 6.54 Å². The minimum Gasteiger partial charge on any atom is -0.343 e. The van der Waals surface area contributed by atoms with E-state index in [4.69, 9.17) is 4.99 Å². The lowest BCUT2D eigenvalue weighted by Crippen LogP contribution is -2.34. The van der Waals surface area contributed by atoms with Crippen LogP contribution in [0.4, 0.5) is 5.69 Å². The standard InChI is InChI=1S/C18H21N3/c1-3-9-16(10-4-1)15-19-18(21-13-7-8-14-21)20-17-11-5-2-6-12-17/h1-6,9-12H,7-8,13-15H2,(H,19,20). The predicted molar refractivity (Wildman–Crippen MR) is 88.5 cm³/mol. The molecule has 0 unspecified atom stereocenters. The third kappa shape index (κ3) is 3.85. The molecule has 1 N–H and O–H groups in total. The summed E-state index contributed by atoms with van der Waals surface area (Å²) in [7, 11) is 0. The fourth-order valence-corrected chi connectivity index (χ4v) is 2.55. The summed E-state index contributed by atoms with van der Waals surface area (Å²) in [4.78, 5) is 7.15. The van der Waals surface area contributed by atoms with Crippen molar-refractivity contribution in [3.63, 3.8) is 0 Å². The molecule has 0 aliphatic carbocycles. The average molecular weight is 279 g/mol. The number of para-hydroxylation sites is 1. The van der Waals surface area contributed by atoms with Crippen molar-refractivity contribution in [3.8, 4) is 0 Å². The van der Waals surface area contributed by atoms with Crippen molar-refractivity contribution in [1.82, 2.24) is 4.90 Å². The fourth-order valence-electron chi connectivity index (χ4n) is 2.55. The highest BCUT2D eigenvalue weighted by molar-refractivity contribution is 5.93. The molecule has 0 aromatic heterocycles. The van der Waals surface area contributed by atoms with E-state index in [2.05, 4.69) is 46.6 Å². The summed E-state index contributed by atoms with van der Waals surface area (Å²) in [5.74, 6) is 0.988. The summed E-state index contributed by atoms with van der Waals surface area (Å²) in [6.45, 7) is 2.90. The number of rotatable bonds is 3. The van der Waals surface area contributed by atoms with Gasteiger partial charge in [0, 0.05) is 18.8 Å². The van der Waals surface area contributed by atoms with Crippen LogP contribution in [0.3, 0.4) is 0 Å². The Morgan fingerprint density at radius 3 is 2.19 bits per heavy atom. The van der Waals surface area contributed by atoms with Crippen molar-refractivity contribution >= 4 is 11.6 Å². The topological polar surface area (TPSA) is 27.6 Å². The molecule has 3 heteroatoms. The van der Waals surface area contributed by atoms with Crippen LogP contribution >= 0.6 is 0 Å². The largest absolute Gasteiger partial charge is 0.343 e. The minimum atomic E-state index is 0.715. The highest BCUT2D eigenvalue weighted by Gasteiger charge is 2.16. The summed E-state index contributed by atoms with van der Waals surface area (Å²) in [6.07, 6.45) is 2.50. The van der Waals surface area contributed by atoms with Crippen LogP contribution in [0, 0.1) is 0 Å². The predicted octanol–water partition coefficient (Wildman–Crippen LogP) is 3.75. The number of guanidine groups is 1. The van der Waals surface area contributed by atoms with Gasteiger partial charge >= 0.3 is 0 Å². The van der Waals surface area contributed by atoms with E-state index in [1.807, 2.05) is 24.3 Å². The van der Waals surface area contributed by atoms with Crippen LogP contribution in [0.25, 0.3) is 0 Å². The molecule has 0 amide bonds. The highest BCUT2D eigenvalue weighted by Crippen LogP contribution is 2.13. The SMILES string of the molecule is c1ccc(CN=C(Nc2ccccc2)N2CCCC2)cc1. The monoisotopic (exact) mass is 279 g/mol. The molecule has 3 rings (SSSR count). The third-order valence-corrected chi connectivity index (χ3v) is 3.69. The second-order valence-corrected chi connectivity index (χ2v) is 5.31. The summed E-state index contributed by atoms with van der Waals surface area (Å²) in [5, 5.41) is 3.47. The van der Waals surface area contributed by atoms with Crippen LogP contribution in [-0.4, -0.2) is 23.9 Å². The quantitative estimate of drug-likeness (QED) is 0.684. The maximum absolute atomic E-state index is 4.80. The van der Waals surface area contributed by atoms with Crippen molar-refractivity contribution in [2.75, 3.05) is 18.4 Å². The summed E-state index contributed by atoms with van der Waals surface area (Å²) in [6, 6.07) is 20.7. The molecule has 0 saturated carbocycles. The Morgan fingerprint density at radius 1 is 0.905 bits per heavy atom. The van der Waals surface area contributed by atoms with Crippen LogP contribution < -0.4 is 5.32 Å². The van der Waals surface area contributed by atoms with Crippen molar-refractivity contribution in [2.45, 2.75) is 19.4 Å². The van der Waals surface area contributed by atoms with E-state index in [1.165, 1.54) is 18.4 Å². The molecule has 0 radical (unpaired) electrons. The summed E-state index contributed by atoms with van der Waals surface area (Å²) in [5.41, 5.74) is 2.33. The zero-order chi connectivity index (χ0) is 14.3. The van der Waals surface area contributed by atoms with Gasteiger partial charge in [-0.25, -0.2) is 4.99 Å². The van der Waals surface area contributed by atoms with Gasteiger partial charge in [0.15, 0.2) is 5.96 Å². The third-order valence-electron chi connectivity index (χ3n) is 3.69. The number of hydrogen-bond acceptors (Lipinski definition) is 1. The second kappa shape index (κ2) is 6.93. The first kappa shape index (κ1) is 13.7. The zero-order valence-electron chi connectivity index (χ0n) is 12.2. The minimum absolute atomic E-state index is 0.715. The van der Waals surface area contributed by atoms with Gasteiger partial charge in [-0.3, -0.25) is 0 Å². The van der Waals surface area contributed by atoms with Crippen molar-refractivity contribution in [1.29, 1.82) is 0 Å². The number of nitrogens with zero attached hydrogens (tertiary/aromatic N) is 2. The lowest BCUT2D eigenvalue weighted by atomic mass is 10.2. The number of benzene rings is 2. The molecule has 0 bridgehead atoms. The van der Waals surface area contributed by atoms with Gasteiger partial charge in [-0.1, -0.05) is 48.5 Å². The van der Waals surface area contributed by atoms with Crippen molar-refractivity contribution in [3.05, 3.63) is 66.2 Å². The molecule has 1 saturated heterocycles. The van der Waals surface area contributed by atoms with Crippen LogP contribution in [0.2, 0.25) is 0 Å². The maximum atomic E-state index is 4.80. The number of aliphatic imine (C=N–C) groups is 1. The van der Waals surface area contributed by atoms with Gasteiger partial charge in [-0.05, 0) is 30.5 Å². The first-order valence-electron chi connectivity index (χ1n) is 7.57. The second-order valence-electron chi connectivity index (χ2n) is 5.31. The van der Waals surface area contributed by atoms with Gasteiger partial charge in [0.2, 0.25) is 0 Å². The lowest BCUT2D eigenvalue weighted by Gasteiger charge is -2.21. The molecule has 108 valence electrons. The van der Waals surface area contributed by atoms with Crippen LogP contribution in [0.5, 0.6) is 0 Å². The normalized spacial score (nSPS) is 15.2. The molecule has 1 fully saturated rings. The van der Waals surface area contributed by atoms with E-state index in [9.17, 15) is 0 Å². The van der Waals surface area contributed by atoms with Gasteiger partial charge in [0.25, 0.3) is 0 Å². The first-order chi connectivity index (χ1) is 10.4. The Kier molecular flexibility index (Phi) is 4.52. The number of hydrogen-bond donors (Lipinski definition) is 1. The Hall–Kier alpha value is -2.29. The van der Waals surface area contributed by atoms with Crippen molar-refractivity contribution in [2.24, 2.45) is 4.99 Å². The first-order valence-corrected chi connectivity index (χ1v) is 7.57. The van der Waals surface area contributed by atoms with E-state index in [0.717, 1.165) is 24.7 Å². The smallest absolute Gasteiger partial charge is 0.198 e. The maximum Gasteiger partial charge on any atom is 0.198 e. The number of anilines is 1. The van der Waals surface area contributed by atoms with E-state index < -0.39 is 0 Å². The molecular weight excluding hydrogens is 258 g/mol. The Labute approximate surface area is 126 Å².